The molecule has 2 rings (SSSR count). The third-order valence-corrected chi connectivity index (χ3v) is 5.23. The highest BCUT2D eigenvalue weighted by Gasteiger charge is 2.30. The van der Waals surface area contributed by atoms with Gasteiger partial charge in [-0.25, -0.2) is 0 Å². The van der Waals surface area contributed by atoms with Crippen molar-refractivity contribution in [3.63, 3.8) is 0 Å². The van der Waals surface area contributed by atoms with E-state index in [-0.39, 0.29) is 18.4 Å². The summed E-state index contributed by atoms with van der Waals surface area (Å²) in [6, 6.07) is 0.0793. The van der Waals surface area contributed by atoms with Gasteiger partial charge in [-0.1, -0.05) is 6.92 Å². The number of amides is 1. The lowest BCUT2D eigenvalue weighted by Crippen LogP contribution is -2.49. The quantitative estimate of drug-likeness (QED) is 0.830. The van der Waals surface area contributed by atoms with E-state index in [1.807, 2.05) is 28.4 Å². The Hall–Kier alpha value is 0.420. The Kier molecular flexibility index (Phi) is 6.32. The van der Waals surface area contributed by atoms with Crippen LogP contribution >= 0.6 is 35.9 Å². The molecule has 2 aliphatic heterocycles. The monoisotopic (exact) mass is 282 g/mol. The maximum absolute atomic E-state index is 12.1. The lowest BCUT2D eigenvalue weighted by molar-refractivity contribution is -0.132. The third kappa shape index (κ3) is 3.45. The summed E-state index contributed by atoms with van der Waals surface area (Å²) in [6.45, 7) is 4.08. The van der Waals surface area contributed by atoms with Crippen molar-refractivity contribution in [2.45, 2.75) is 24.6 Å². The van der Waals surface area contributed by atoms with E-state index < -0.39 is 0 Å². The van der Waals surface area contributed by atoms with Crippen molar-refractivity contribution in [1.29, 1.82) is 0 Å². The van der Waals surface area contributed by atoms with Crippen LogP contribution in [-0.4, -0.2) is 52.6 Å². The third-order valence-electron chi connectivity index (χ3n) is 2.92. The largest absolute Gasteiger partial charge is 0.339 e. The number of carbonyl (C=O) groups is 1. The zero-order valence-corrected chi connectivity index (χ0v) is 11.9. The van der Waals surface area contributed by atoms with Crippen LogP contribution in [0.4, 0.5) is 0 Å². The molecule has 0 aromatic heterocycles. The molecule has 2 fully saturated rings. The molecule has 6 heteroatoms. The predicted octanol–water partition coefficient (Wildman–Crippen LogP) is 1.42. The van der Waals surface area contributed by atoms with Crippen molar-refractivity contribution in [3.05, 3.63) is 0 Å². The molecule has 2 unspecified atom stereocenters. The van der Waals surface area contributed by atoms with Crippen LogP contribution in [0.1, 0.15) is 13.3 Å². The average molecular weight is 283 g/mol. The molecular weight excluding hydrogens is 264 g/mol. The van der Waals surface area contributed by atoms with E-state index in [4.69, 9.17) is 0 Å². The van der Waals surface area contributed by atoms with Crippen LogP contribution in [0, 0.1) is 0 Å². The number of halogens is 1. The van der Waals surface area contributed by atoms with E-state index in [1.54, 1.807) is 0 Å². The van der Waals surface area contributed by atoms with Crippen molar-refractivity contribution < 1.29 is 4.79 Å². The summed E-state index contributed by atoms with van der Waals surface area (Å²) in [5, 5.41) is 3.90. The van der Waals surface area contributed by atoms with Crippen LogP contribution in [0.15, 0.2) is 0 Å². The second-order valence-corrected chi connectivity index (χ2v) is 6.40. The van der Waals surface area contributed by atoms with Gasteiger partial charge in [-0.05, 0) is 6.42 Å². The second kappa shape index (κ2) is 6.99. The van der Waals surface area contributed by atoms with Gasteiger partial charge < -0.3 is 4.90 Å². The molecule has 0 aromatic rings. The first kappa shape index (κ1) is 14.5. The van der Waals surface area contributed by atoms with E-state index >= 15 is 0 Å². The minimum absolute atomic E-state index is 0. The zero-order valence-electron chi connectivity index (χ0n) is 9.48. The fourth-order valence-electron chi connectivity index (χ4n) is 1.94. The Morgan fingerprint density at radius 1 is 1.56 bits per heavy atom. The van der Waals surface area contributed by atoms with Gasteiger partial charge in [0.25, 0.3) is 0 Å². The minimum atomic E-state index is 0. The molecule has 0 bridgehead atoms. The van der Waals surface area contributed by atoms with Crippen molar-refractivity contribution in [2.24, 2.45) is 0 Å². The van der Waals surface area contributed by atoms with E-state index in [2.05, 4.69) is 12.2 Å². The molecule has 0 radical (unpaired) electrons. The molecule has 1 N–H and O–H groups in total. The van der Waals surface area contributed by atoms with Crippen LogP contribution in [0.25, 0.3) is 0 Å². The average Bonchev–Trinajstić information content (AvgIpc) is 2.81. The molecule has 0 saturated carbocycles. The molecular formula is C10H19ClN2OS2. The van der Waals surface area contributed by atoms with Crippen molar-refractivity contribution >= 4 is 41.8 Å². The van der Waals surface area contributed by atoms with Gasteiger partial charge in [0.1, 0.15) is 0 Å². The number of hydrogen-bond donors (Lipinski definition) is 1. The molecule has 0 aliphatic carbocycles. The van der Waals surface area contributed by atoms with Gasteiger partial charge in [0.15, 0.2) is 0 Å². The van der Waals surface area contributed by atoms with E-state index in [9.17, 15) is 4.79 Å². The molecule has 1 amide bonds. The molecule has 0 spiro atoms. The topological polar surface area (TPSA) is 32.3 Å². The van der Waals surface area contributed by atoms with Gasteiger partial charge in [0, 0.05) is 35.7 Å². The molecule has 2 aliphatic rings. The van der Waals surface area contributed by atoms with E-state index in [1.165, 1.54) is 6.42 Å². The Morgan fingerprint density at radius 2 is 2.38 bits per heavy atom. The van der Waals surface area contributed by atoms with Crippen molar-refractivity contribution in [3.8, 4) is 0 Å². The second-order valence-electron chi connectivity index (χ2n) is 3.96. The van der Waals surface area contributed by atoms with Crippen LogP contribution in [-0.2, 0) is 4.79 Å². The molecule has 2 atom stereocenters. The van der Waals surface area contributed by atoms with Gasteiger partial charge >= 0.3 is 0 Å². The summed E-state index contributed by atoms with van der Waals surface area (Å²) in [5.74, 6) is 3.29. The lowest BCUT2D eigenvalue weighted by Gasteiger charge is -2.33. The normalized spacial score (nSPS) is 29.9. The first-order valence-electron chi connectivity index (χ1n) is 5.52. The van der Waals surface area contributed by atoms with Gasteiger partial charge in [-0.15, -0.1) is 24.2 Å². The lowest BCUT2D eigenvalue weighted by atomic mass is 10.2. The van der Waals surface area contributed by atoms with Crippen molar-refractivity contribution in [2.75, 3.05) is 30.5 Å². The van der Waals surface area contributed by atoms with Crippen LogP contribution in [0.3, 0.4) is 0 Å². The summed E-state index contributed by atoms with van der Waals surface area (Å²) in [6.07, 6.45) is 1.17. The summed E-state index contributed by atoms with van der Waals surface area (Å²) >= 11 is 3.82. The fourth-order valence-corrected chi connectivity index (χ4v) is 4.05. The fraction of sp³-hybridized carbons (Fsp3) is 0.900. The minimum Gasteiger partial charge on any atom is -0.339 e. The molecule has 16 heavy (non-hydrogen) atoms. The Morgan fingerprint density at radius 3 is 3.00 bits per heavy atom. The molecule has 2 heterocycles. The molecule has 94 valence electrons. The highest BCUT2D eigenvalue weighted by Crippen LogP contribution is 2.22. The van der Waals surface area contributed by atoms with Gasteiger partial charge in [0.2, 0.25) is 5.91 Å². The summed E-state index contributed by atoms with van der Waals surface area (Å²) in [7, 11) is 0. The highest BCUT2D eigenvalue weighted by atomic mass is 35.5. The smallest absolute Gasteiger partial charge is 0.240 e. The SMILES string of the molecule is CCC1CN(C(=O)C2CSCN2)CCS1.Cl. The summed E-state index contributed by atoms with van der Waals surface area (Å²) < 4.78 is 0. The standard InChI is InChI=1S/C10H18N2OS2.ClH/c1-2-8-5-12(3-4-15-8)10(13)9-6-14-7-11-9;/h8-9,11H,2-7H2,1H3;1H. The predicted molar refractivity (Wildman–Crippen MR) is 74.6 cm³/mol. The molecule has 0 aromatic carbocycles. The van der Waals surface area contributed by atoms with Gasteiger partial charge in [0.05, 0.1) is 6.04 Å². The number of carbonyl (C=O) groups excluding carboxylic acids is 1. The number of thioether (sulfide) groups is 2. The summed E-state index contributed by atoms with van der Waals surface area (Å²) in [5.41, 5.74) is 0. The maximum Gasteiger partial charge on any atom is 0.240 e. The maximum atomic E-state index is 12.1. The number of nitrogens with one attached hydrogen (secondary N) is 1. The Bertz CT molecular complexity index is 237. The highest BCUT2D eigenvalue weighted by molar-refractivity contribution is 8.00. The van der Waals surface area contributed by atoms with Crippen LogP contribution in [0.2, 0.25) is 0 Å². The Balaban J connectivity index is 0.00000128. The van der Waals surface area contributed by atoms with Crippen LogP contribution in [0.5, 0.6) is 0 Å². The number of rotatable bonds is 2. The van der Waals surface area contributed by atoms with Crippen LogP contribution < -0.4 is 5.32 Å². The number of hydrogen-bond acceptors (Lipinski definition) is 4. The zero-order chi connectivity index (χ0) is 10.7. The number of nitrogens with zero attached hydrogens (tertiary/aromatic N) is 1. The van der Waals surface area contributed by atoms with E-state index in [0.29, 0.717) is 11.2 Å². The molecule has 3 nitrogen and oxygen atoms in total. The Labute approximate surface area is 112 Å². The summed E-state index contributed by atoms with van der Waals surface area (Å²) in [4.78, 5) is 14.2. The molecule has 2 saturated heterocycles. The first-order valence-corrected chi connectivity index (χ1v) is 7.73. The first-order chi connectivity index (χ1) is 7.31. The van der Waals surface area contributed by atoms with E-state index in [0.717, 1.165) is 30.5 Å². The van der Waals surface area contributed by atoms with Gasteiger partial charge in [-0.3, -0.25) is 10.1 Å². The van der Waals surface area contributed by atoms with Crippen molar-refractivity contribution in [1.82, 2.24) is 10.2 Å². The van der Waals surface area contributed by atoms with Gasteiger partial charge in [-0.2, -0.15) is 11.8 Å².